The molecule has 0 rings (SSSR count). The molecule has 0 fully saturated rings. The number of hydrogen-bond donors (Lipinski definition) is 1. The molecule has 1 nitrogen and oxygen atoms in total. The summed E-state index contributed by atoms with van der Waals surface area (Å²) in [4.78, 5) is 0. The standard InChI is InChI=1S/C7H16O/c1-6(2)4-7(3)5-8/h6-8H,4-5H2,1-3H3/t7-/m0/s1. The highest BCUT2D eigenvalue weighted by Crippen LogP contribution is 2.08. The second kappa shape index (κ2) is 3.90. The molecule has 0 aliphatic heterocycles. The second-order valence-electron chi connectivity index (χ2n) is 2.92. The van der Waals surface area contributed by atoms with Gasteiger partial charge in [-0.3, -0.25) is 0 Å². The topological polar surface area (TPSA) is 20.2 Å². The fourth-order valence-electron chi connectivity index (χ4n) is 0.879. The predicted octanol–water partition coefficient (Wildman–Crippen LogP) is 1.66. The van der Waals surface area contributed by atoms with Crippen molar-refractivity contribution in [2.45, 2.75) is 27.2 Å². The Morgan fingerprint density at radius 3 is 1.88 bits per heavy atom. The zero-order chi connectivity index (χ0) is 6.57. The summed E-state index contributed by atoms with van der Waals surface area (Å²) in [7, 11) is 0. The van der Waals surface area contributed by atoms with Crippen LogP contribution in [0.1, 0.15) is 27.2 Å². The Bertz CT molecular complexity index is 50.3. The highest BCUT2D eigenvalue weighted by molar-refractivity contribution is 4.52. The van der Waals surface area contributed by atoms with Crippen LogP contribution in [0.25, 0.3) is 0 Å². The van der Waals surface area contributed by atoms with Crippen LogP contribution < -0.4 is 0 Å². The normalized spacial score (nSPS) is 14.6. The average Bonchev–Trinajstić information content (AvgIpc) is 1.65. The van der Waals surface area contributed by atoms with E-state index in [2.05, 4.69) is 20.8 Å². The largest absolute Gasteiger partial charge is 0.396 e. The number of aliphatic hydroxyl groups is 1. The zero-order valence-corrected chi connectivity index (χ0v) is 6.02. The van der Waals surface area contributed by atoms with E-state index < -0.39 is 0 Å². The van der Waals surface area contributed by atoms with Gasteiger partial charge in [0.15, 0.2) is 0 Å². The molecule has 0 spiro atoms. The van der Waals surface area contributed by atoms with Gasteiger partial charge in [-0.2, -0.15) is 0 Å². The predicted molar refractivity (Wildman–Crippen MR) is 35.7 cm³/mol. The summed E-state index contributed by atoms with van der Waals surface area (Å²) in [5, 5.41) is 8.58. The summed E-state index contributed by atoms with van der Waals surface area (Å²) in [6.45, 7) is 6.75. The van der Waals surface area contributed by atoms with E-state index in [9.17, 15) is 0 Å². The highest BCUT2D eigenvalue weighted by atomic mass is 16.3. The van der Waals surface area contributed by atoms with E-state index in [0.29, 0.717) is 12.5 Å². The van der Waals surface area contributed by atoms with Crippen molar-refractivity contribution in [2.24, 2.45) is 11.8 Å². The molecule has 1 N–H and O–H groups in total. The molecule has 0 amide bonds. The van der Waals surface area contributed by atoms with Crippen molar-refractivity contribution in [1.29, 1.82) is 0 Å². The van der Waals surface area contributed by atoms with Crippen LogP contribution in [0.3, 0.4) is 0 Å². The molecule has 8 heavy (non-hydrogen) atoms. The van der Waals surface area contributed by atoms with E-state index in [-0.39, 0.29) is 0 Å². The average molecular weight is 116 g/mol. The van der Waals surface area contributed by atoms with Gasteiger partial charge in [0.25, 0.3) is 0 Å². The minimum absolute atomic E-state index is 0.332. The van der Waals surface area contributed by atoms with E-state index in [0.717, 1.165) is 12.3 Å². The van der Waals surface area contributed by atoms with E-state index in [1.54, 1.807) is 0 Å². The van der Waals surface area contributed by atoms with Gasteiger partial charge in [0.2, 0.25) is 0 Å². The van der Waals surface area contributed by atoms with Crippen molar-refractivity contribution in [2.75, 3.05) is 6.61 Å². The first-order valence-corrected chi connectivity index (χ1v) is 3.27. The third-order valence-corrected chi connectivity index (χ3v) is 1.19. The summed E-state index contributed by atoms with van der Waals surface area (Å²) in [5.74, 6) is 1.20. The molecule has 0 saturated heterocycles. The van der Waals surface area contributed by atoms with Crippen LogP contribution in [0.15, 0.2) is 0 Å². The molecular weight excluding hydrogens is 100 g/mol. The molecule has 50 valence electrons. The lowest BCUT2D eigenvalue weighted by Crippen LogP contribution is -2.03. The first-order chi connectivity index (χ1) is 3.66. The second-order valence-corrected chi connectivity index (χ2v) is 2.92. The Morgan fingerprint density at radius 2 is 1.75 bits per heavy atom. The van der Waals surface area contributed by atoms with Gasteiger partial charge in [-0.25, -0.2) is 0 Å². The first kappa shape index (κ1) is 7.96. The van der Waals surface area contributed by atoms with Crippen LogP contribution in [0.2, 0.25) is 0 Å². The maximum atomic E-state index is 8.58. The zero-order valence-electron chi connectivity index (χ0n) is 6.02. The monoisotopic (exact) mass is 116 g/mol. The van der Waals surface area contributed by atoms with Gasteiger partial charge >= 0.3 is 0 Å². The lowest BCUT2D eigenvalue weighted by Gasteiger charge is -2.08. The molecular formula is C7H16O. The van der Waals surface area contributed by atoms with Crippen LogP contribution in [-0.4, -0.2) is 11.7 Å². The van der Waals surface area contributed by atoms with E-state index in [4.69, 9.17) is 5.11 Å². The fourth-order valence-corrected chi connectivity index (χ4v) is 0.879. The van der Waals surface area contributed by atoms with Gasteiger partial charge in [0.05, 0.1) is 0 Å². The smallest absolute Gasteiger partial charge is 0.0456 e. The van der Waals surface area contributed by atoms with Crippen molar-refractivity contribution in [3.05, 3.63) is 0 Å². The summed E-state index contributed by atoms with van der Waals surface area (Å²) >= 11 is 0. The molecule has 0 saturated carbocycles. The van der Waals surface area contributed by atoms with Gasteiger partial charge in [-0.1, -0.05) is 20.8 Å². The Kier molecular flexibility index (Phi) is 3.88. The lowest BCUT2D eigenvalue weighted by atomic mass is 10.0. The number of aliphatic hydroxyl groups excluding tert-OH is 1. The maximum Gasteiger partial charge on any atom is 0.0456 e. The number of rotatable bonds is 3. The first-order valence-electron chi connectivity index (χ1n) is 3.27. The van der Waals surface area contributed by atoms with Crippen molar-refractivity contribution >= 4 is 0 Å². The van der Waals surface area contributed by atoms with Crippen molar-refractivity contribution in [1.82, 2.24) is 0 Å². The summed E-state index contributed by atoms with van der Waals surface area (Å²) in [5.41, 5.74) is 0. The molecule has 0 aromatic rings. The lowest BCUT2D eigenvalue weighted by molar-refractivity contribution is 0.218. The third kappa shape index (κ3) is 4.13. The maximum absolute atomic E-state index is 8.58. The van der Waals surface area contributed by atoms with Crippen molar-refractivity contribution in [3.8, 4) is 0 Å². The molecule has 0 bridgehead atoms. The number of hydrogen-bond acceptors (Lipinski definition) is 1. The Hall–Kier alpha value is -0.0400. The van der Waals surface area contributed by atoms with Gasteiger partial charge in [0, 0.05) is 6.61 Å². The fraction of sp³-hybridized carbons (Fsp3) is 1.00. The third-order valence-electron chi connectivity index (χ3n) is 1.19. The molecule has 0 radical (unpaired) electrons. The van der Waals surface area contributed by atoms with Gasteiger partial charge < -0.3 is 5.11 Å². The molecule has 0 aromatic carbocycles. The van der Waals surface area contributed by atoms with E-state index in [1.807, 2.05) is 0 Å². The summed E-state index contributed by atoms with van der Waals surface area (Å²) < 4.78 is 0. The quantitative estimate of drug-likeness (QED) is 0.594. The molecule has 0 aliphatic carbocycles. The van der Waals surface area contributed by atoms with Crippen LogP contribution in [-0.2, 0) is 0 Å². The van der Waals surface area contributed by atoms with E-state index in [1.165, 1.54) is 0 Å². The molecule has 1 heteroatoms. The van der Waals surface area contributed by atoms with Gasteiger partial charge in [-0.05, 0) is 18.3 Å². The van der Waals surface area contributed by atoms with Crippen molar-refractivity contribution < 1.29 is 5.11 Å². The Balaban J connectivity index is 3.10. The van der Waals surface area contributed by atoms with Crippen LogP contribution in [0.4, 0.5) is 0 Å². The Morgan fingerprint density at radius 1 is 1.25 bits per heavy atom. The molecule has 0 aromatic heterocycles. The van der Waals surface area contributed by atoms with Crippen molar-refractivity contribution in [3.63, 3.8) is 0 Å². The summed E-state index contributed by atoms with van der Waals surface area (Å²) in [6.07, 6.45) is 1.14. The molecule has 1 atom stereocenters. The molecule has 0 unspecified atom stereocenters. The van der Waals surface area contributed by atoms with Crippen LogP contribution in [0.5, 0.6) is 0 Å². The van der Waals surface area contributed by atoms with Gasteiger partial charge in [-0.15, -0.1) is 0 Å². The van der Waals surface area contributed by atoms with Crippen LogP contribution in [0, 0.1) is 11.8 Å². The van der Waals surface area contributed by atoms with Crippen LogP contribution >= 0.6 is 0 Å². The molecule has 0 aliphatic rings. The highest BCUT2D eigenvalue weighted by Gasteiger charge is 2.01. The van der Waals surface area contributed by atoms with Gasteiger partial charge in [0.1, 0.15) is 0 Å². The minimum atomic E-state index is 0.332. The minimum Gasteiger partial charge on any atom is -0.396 e. The van der Waals surface area contributed by atoms with E-state index >= 15 is 0 Å². The Labute approximate surface area is 51.7 Å². The molecule has 0 heterocycles. The summed E-state index contributed by atoms with van der Waals surface area (Å²) in [6, 6.07) is 0. The SMILES string of the molecule is CC(C)C[C@H](C)CO.